The number of rotatable bonds is 8. The Morgan fingerprint density at radius 3 is 2.62 bits per heavy atom. The van der Waals surface area contributed by atoms with Crippen LogP contribution in [0.25, 0.3) is 0 Å². The maximum absolute atomic E-state index is 11.9. The van der Waals surface area contributed by atoms with Crippen LogP contribution in [0.2, 0.25) is 0 Å². The van der Waals surface area contributed by atoms with Crippen LogP contribution in [0.3, 0.4) is 0 Å². The number of ether oxygens (including phenoxy) is 1. The number of carbonyl (C=O) groups excluding carboxylic acids is 1. The summed E-state index contributed by atoms with van der Waals surface area (Å²) in [5.74, 6) is 0.815. The Hall–Kier alpha value is -1.55. The van der Waals surface area contributed by atoms with Gasteiger partial charge < -0.3 is 15.0 Å². The van der Waals surface area contributed by atoms with Crippen LogP contribution in [0.4, 0.5) is 0 Å². The monoisotopic (exact) mass is 290 g/mol. The highest BCUT2D eigenvalue weighted by Crippen LogP contribution is 2.25. The van der Waals surface area contributed by atoms with Gasteiger partial charge in [-0.1, -0.05) is 19.1 Å². The van der Waals surface area contributed by atoms with E-state index in [1.807, 2.05) is 19.2 Å². The van der Waals surface area contributed by atoms with Gasteiger partial charge in [0.15, 0.2) is 6.61 Å². The molecule has 4 nitrogen and oxygen atoms in total. The van der Waals surface area contributed by atoms with Crippen molar-refractivity contribution in [2.75, 3.05) is 20.2 Å². The van der Waals surface area contributed by atoms with Gasteiger partial charge in [-0.25, -0.2) is 0 Å². The number of carbonyl (C=O) groups is 1. The molecule has 21 heavy (non-hydrogen) atoms. The second kappa shape index (κ2) is 7.46. The van der Waals surface area contributed by atoms with E-state index in [9.17, 15) is 4.79 Å². The molecule has 0 aliphatic heterocycles. The van der Waals surface area contributed by atoms with E-state index in [4.69, 9.17) is 4.74 Å². The van der Waals surface area contributed by atoms with Gasteiger partial charge in [0.2, 0.25) is 0 Å². The molecule has 1 N–H and O–H groups in total. The second-order valence-electron chi connectivity index (χ2n) is 5.83. The molecule has 1 amide bonds. The van der Waals surface area contributed by atoms with Gasteiger partial charge in [0.05, 0.1) is 0 Å². The molecule has 0 spiro atoms. The summed E-state index contributed by atoms with van der Waals surface area (Å²) in [6, 6.07) is 8.93. The van der Waals surface area contributed by atoms with Gasteiger partial charge in [0.1, 0.15) is 5.75 Å². The maximum Gasteiger partial charge on any atom is 0.260 e. The lowest BCUT2D eigenvalue weighted by molar-refractivity contribution is -0.132. The minimum Gasteiger partial charge on any atom is -0.484 e. The van der Waals surface area contributed by atoms with E-state index in [0.717, 1.165) is 31.6 Å². The summed E-state index contributed by atoms with van der Waals surface area (Å²) < 4.78 is 5.57. The Kier molecular flexibility index (Phi) is 5.62. The van der Waals surface area contributed by atoms with E-state index < -0.39 is 0 Å². The minimum atomic E-state index is 0.0577. The van der Waals surface area contributed by atoms with Crippen molar-refractivity contribution in [3.8, 4) is 5.75 Å². The number of hydrogen-bond acceptors (Lipinski definition) is 3. The highest BCUT2D eigenvalue weighted by molar-refractivity contribution is 5.78. The molecule has 1 aromatic rings. The van der Waals surface area contributed by atoms with Crippen LogP contribution in [0, 0.1) is 0 Å². The van der Waals surface area contributed by atoms with E-state index in [0.29, 0.717) is 12.1 Å². The molecule has 0 aromatic heterocycles. The number of hydrogen-bond donors (Lipinski definition) is 1. The fraction of sp³-hybridized carbons (Fsp3) is 0.588. The topological polar surface area (TPSA) is 41.6 Å². The first-order valence-corrected chi connectivity index (χ1v) is 7.81. The van der Waals surface area contributed by atoms with E-state index in [1.54, 1.807) is 4.90 Å². The second-order valence-corrected chi connectivity index (χ2v) is 5.83. The highest BCUT2D eigenvalue weighted by Gasteiger charge is 2.29. The standard InChI is InChI=1S/C17H26N2O2/c1-4-18-13(2)11-14-5-9-16(10-6-14)21-12-17(20)19(3)15-7-8-15/h5-6,9-10,13,15,18H,4,7-8,11-12H2,1-3H3. The molecular formula is C17H26N2O2. The van der Waals surface area contributed by atoms with Crippen molar-refractivity contribution in [1.29, 1.82) is 0 Å². The third kappa shape index (κ3) is 5.05. The smallest absolute Gasteiger partial charge is 0.260 e. The normalized spacial score (nSPS) is 15.6. The molecule has 0 radical (unpaired) electrons. The van der Waals surface area contributed by atoms with Gasteiger partial charge in [-0.15, -0.1) is 0 Å². The SMILES string of the molecule is CCNC(C)Cc1ccc(OCC(=O)N(C)C2CC2)cc1. The Morgan fingerprint density at radius 2 is 2.05 bits per heavy atom. The molecule has 1 saturated carbocycles. The lowest BCUT2D eigenvalue weighted by atomic mass is 10.1. The zero-order valence-electron chi connectivity index (χ0n) is 13.3. The Bertz CT molecular complexity index is 454. The van der Waals surface area contributed by atoms with Crippen LogP contribution in [-0.4, -0.2) is 43.1 Å². The van der Waals surface area contributed by atoms with Gasteiger partial charge in [-0.3, -0.25) is 4.79 Å². The Morgan fingerprint density at radius 1 is 1.38 bits per heavy atom. The maximum atomic E-state index is 11.9. The molecule has 1 aliphatic rings. The molecule has 1 unspecified atom stereocenters. The first-order chi connectivity index (χ1) is 10.1. The van der Waals surface area contributed by atoms with Crippen LogP contribution < -0.4 is 10.1 Å². The Labute approximate surface area is 127 Å². The zero-order valence-corrected chi connectivity index (χ0v) is 13.3. The van der Waals surface area contributed by atoms with Crippen LogP contribution >= 0.6 is 0 Å². The molecule has 1 aliphatic carbocycles. The first kappa shape index (κ1) is 15.8. The van der Waals surface area contributed by atoms with E-state index in [2.05, 4.69) is 31.3 Å². The van der Waals surface area contributed by atoms with Gasteiger partial charge >= 0.3 is 0 Å². The quantitative estimate of drug-likeness (QED) is 0.798. The Balaban J connectivity index is 1.77. The third-order valence-corrected chi connectivity index (χ3v) is 3.87. The molecule has 0 bridgehead atoms. The number of amides is 1. The van der Waals surface area contributed by atoms with Gasteiger partial charge in [-0.2, -0.15) is 0 Å². The van der Waals surface area contributed by atoms with Crippen LogP contribution in [-0.2, 0) is 11.2 Å². The van der Waals surface area contributed by atoms with Crippen molar-refractivity contribution < 1.29 is 9.53 Å². The summed E-state index contributed by atoms with van der Waals surface area (Å²) in [4.78, 5) is 13.7. The lowest BCUT2D eigenvalue weighted by Gasteiger charge is -2.16. The summed E-state index contributed by atoms with van der Waals surface area (Å²) in [5, 5.41) is 3.40. The molecule has 2 rings (SSSR count). The van der Waals surface area contributed by atoms with Gasteiger partial charge in [0.25, 0.3) is 5.91 Å². The lowest BCUT2D eigenvalue weighted by Crippen LogP contribution is -2.33. The molecule has 4 heteroatoms. The van der Waals surface area contributed by atoms with Crippen LogP contribution in [0.15, 0.2) is 24.3 Å². The average molecular weight is 290 g/mol. The summed E-state index contributed by atoms with van der Waals surface area (Å²) >= 11 is 0. The molecule has 0 saturated heterocycles. The summed E-state index contributed by atoms with van der Waals surface area (Å²) in [5.41, 5.74) is 1.28. The first-order valence-electron chi connectivity index (χ1n) is 7.81. The average Bonchev–Trinajstić information content (AvgIpc) is 3.30. The molecule has 1 aromatic carbocycles. The van der Waals surface area contributed by atoms with Crippen molar-refractivity contribution in [3.63, 3.8) is 0 Å². The zero-order chi connectivity index (χ0) is 15.2. The fourth-order valence-electron chi connectivity index (χ4n) is 2.41. The third-order valence-electron chi connectivity index (χ3n) is 3.87. The van der Waals surface area contributed by atoms with E-state index in [1.165, 1.54) is 5.56 Å². The van der Waals surface area contributed by atoms with Crippen LogP contribution in [0.1, 0.15) is 32.3 Å². The highest BCUT2D eigenvalue weighted by atomic mass is 16.5. The van der Waals surface area contributed by atoms with Crippen molar-refractivity contribution in [2.24, 2.45) is 0 Å². The number of nitrogens with zero attached hydrogens (tertiary/aromatic N) is 1. The summed E-state index contributed by atoms with van der Waals surface area (Å²) in [7, 11) is 1.86. The van der Waals surface area contributed by atoms with Gasteiger partial charge in [0, 0.05) is 19.1 Å². The largest absolute Gasteiger partial charge is 0.484 e. The molecule has 116 valence electrons. The minimum absolute atomic E-state index is 0.0577. The molecule has 1 fully saturated rings. The van der Waals surface area contributed by atoms with Crippen LogP contribution in [0.5, 0.6) is 5.75 Å². The number of nitrogens with one attached hydrogen (secondary N) is 1. The molecular weight excluding hydrogens is 264 g/mol. The van der Waals surface area contributed by atoms with Gasteiger partial charge in [-0.05, 0) is 50.4 Å². The van der Waals surface area contributed by atoms with Crippen molar-refractivity contribution in [1.82, 2.24) is 10.2 Å². The summed E-state index contributed by atoms with van der Waals surface area (Å²) in [6.45, 7) is 5.41. The number of benzene rings is 1. The fourth-order valence-corrected chi connectivity index (χ4v) is 2.41. The van der Waals surface area contributed by atoms with Crippen molar-refractivity contribution >= 4 is 5.91 Å². The summed E-state index contributed by atoms with van der Waals surface area (Å²) in [6.07, 6.45) is 3.25. The predicted molar refractivity (Wildman–Crippen MR) is 84.6 cm³/mol. The molecule has 1 atom stereocenters. The molecule has 0 heterocycles. The predicted octanol–water partition coefficient (Wildman–Crippen LogP) is 2.23. The van der Waals surface area contributed by atoms with E-state index in [-0.39, 0.29) is 12.5 Å². The van der Waals surface area contributed by atoms with Crippen molar-refractivity contribution in [3.05, 3.63) is 29.8 Å². The number of likely N-dealkylation sites (N-methyl/N-ethyl adjacent to an activating group) is 2. The van der Waals surface area contributed by atoms with Crippen molar-refractivity contribution in [2.45, 2.75) is 45.2 Å². The van der Waals surface area contributed by atoms with E-state index >= 15 is 0 Å².